The van der Waals surface area contributed by atoms with Crippen molar-refractivity contribution in [3.63, 3.8) is 0 Å². The van der Waals surface area contributed by atoms with Gasteiger partial charge in [0.25, 0.3) is 0 Å². The van der Waals surface area contributed by atoms with E-state index in [9.17, 15) is 0 Å². The van der Waals surface area contributed by atoms with Crippen molar-refractivity contribution < 1.29 is 13.6 Å². The SMILES string of the molecule is CCO[Si](C)(CCCCCCCCCCCCCCC1CCC2OC2C1)OCC. The minimum atomic E-state index is -1.87. The molecule has 0 bridgehead atoms. The molecule has 0 radical (unpaired) electrons. The predicted molar refractivity (Wildman–Crippen MR) is 126 cm³/mol. The van der Waals surface area contributed by atoms with Gasteiger partial charge in [0.15, 0.2) is 0 Å². The Kier molecular flexibility index (Phi) is 13.1. The van der Waals surface area contributed by atoms with Gasteiger partial charge < -0.3 is 13.6 Å². The summed E-state index contributed by atoms with van der Waals surface area (Å²) in [7, 11) is -1.87. The first-order valence-electron chi connectivity index (χ1n) is 13.1. The van der Waals surface area contributed by atoms with Crippen LogP contribution >= 0.6 is 0 Å². The van der Waals surface area contributed by atoms with E-state index < -0.39 is 8.56 Å². The molecule has 0 N–H and O–H groups in total. The van der Waals surface area contributed by atoms with E-state index in [1.54, 1.807) is 0 Å². The molecule has 2 rings (SSSR count). The average molecular weight is 427 g/mol. The quantitative estimate of drug-likeness (QED) is 0.120. The van der Waals surface area contributed by atoms with Crippen molar-refractivity contribution in [2.75, 3.05) is 13.2 Å². The number of hydrogen-bond acceptors (Lipinski definition) is 3. The molecule has 1 saturated heterocycles. The van der Waals surface area contributed by atoms with Crippen molar-refractivity contribution in [1.82, 2.24) is 0 Å². The van der Waals surface area contributed by atoms with Gasteiger partial charge in [-0.15, -0.1) is 0 Å². The third-order valence-corrected chi connectivity index (χ3v) is 10.1. The van der Waals surface area contributed by atoms with Gasteiger partial charge in [0, 0.05) is 13.2 Å². The topological polar surface area (TPSA) is 31.0 Å². The second-order valence-corrected chi connectivity index (χ2v) is 13.0. The van der Waals surface area contributed by atoms with Crippen LogP contribution in [-0.4, -0.2) is 34.0 Å². The Balaban J connectivity index is 1.28. The van der Waals surface area contributed by atoms with E-state index in [2.05, 4.69) is 20.4 Å². The maximum absolute atomic E-state index is 5.93. The zero-order valence-electron chi connectivity index (χ0n) is 19.9. The van der Waals surface area contributed by atoms with Crippen molar-refractivity contribution in [3.8, 4) is 0 Å². The maximum atomic E-state index is 5.93. The molecular weight excluding hydrogens is 376 g/mol. The number of hydrogen-bond donors (Lipinski definition) is 0. The predicted octanol–water partition coefficient (Wildman–Crippen LogP) is 7.77. The molecule has 3 unspecified atom stereocenters. The molecular formula is C25H50O3Si. The molecule has 29 heavy (non-hydrogen) atoms. The molecule has 1 heterocycles. The Morgan fingerprint density at radius 1 is 0.690 bits per heavy atom. The fraction of sp³-hybridized carbons (Fsp3) is 1.00. The van der Waals surface area contributed by atoms with Crippen LogP contribution in [-0.2, 0) is 13.6 Å². The van der Waals surface area contributed by atoms with Gasteiger partial charge in [-0.05, 0) is 51.6 Å². The average Bonchev–Trinajstić information content (AvgIpc) is 3.47. The van der Waals surface area contributed by atoms with Crippen molar-refractivity contribution in [3.05, 3.63) is 0 Å². The van der Waals surface area contributed by atoms with Crippen molar-refractivity contribution in [2.45, 2.75) is 141 Å². The lowest BCUT2D eigenvalue weighted by Crippen LogP contribution is -2.38. The summed E-state index contributed by atoms with van der Waals surface area (Å²) in [5.74, 6) is 0.980. The first-order valence-corrected chi connectivity index (χ1v) is 15.6. The normalized spacial score (nSPS) is 23.9. The van der Waals surface area contributed by atoms with Gasteiger partial charge in [-0.2, -0.15) is 0 Å². The first-order chi connectivity index (χ1) is 14.2. The summed E-state index contributed by atoms with van der Waals surface area (Å²) in [6, 6.07) is 1.16. The van der Waals surface area contributed by atoms with Crippen LogP contribution in [0.4, 0.5) is 0 Å². The molecule has 2 fully saturated rings. The Labute approximate surface area is 182 Å². The number of fused-ring (bicyclic) bond motifs is 1. The lowest BCUT2D eigenvalue weighted by molar-refractivity contribution is 0.188. The molecule has 0 aromatic carbocycles. The van der Waals surface area contributed by atoms with Gasteiger partial charge in [-0.3, -0.25) is 0 Å². The molecule has 4 heteroatoms. The van der Waals surface area contributed by atoms with Crippen LogP contribution < -0.4 is 0 Å². The minimum Gasteiger partial charge on any atom is -0.395 e. The van der Waals surface area contributed by atoms with E-state index in [-0.39, 0.29) is 0 Å². The summed E-state index contributed by atoms with van der Waals surface area (Å²) in [4.78, 5) is 0. The minimum absolute atomic E-state index is 0.668. The fourth-order valence-corrected chi connectivity index (χ4v) is 7.68. The number of epoxide rings is 1. The van der Waals surface area contributed by atoms with Crippen LogP contribution in [0.2, 0.25) is 12.6 Å². The summed E-state index contributed by atoms with van der Waals surface area (Å²) in [6.07, 6.45) is 23.9. The highest BCUT2D eigenvalue weighted by Crippen LogP contribution is 2.41. The van der Waals surface area contributed by atoms with E-state index >= 15 is 0 Å². The van der Waals surface area contributed by atoms with Crippen molar-refractivity contribution in [2.24, 2.45) is 5.92 Å². The van der Waals surface area contributed by atoms with Gasteiger partial charge in [0.1, 0.15) is 0 Å². The Morgan fingerprint density at radius 3 is 1.72 bits per heavy atom. The molecule has 0 amide bonds. The number of ether oxygens (including phenoxy) is 1. The van der Waals surface area contributed by atoms with E-state index in [1.165, 1.54) is 103 Å². The van der Waals surface area contributed by atoms with Gasteiger partial charge in [-0.25, -0.2) is 0 Å². The van der Waals surface area contributed by atoms with E-state index in [1.807, 2.05) is 0 Å². The van der Waals surface area contributed by atoms with Crippen LogP contribution in [0.25, 0.3) is 0 Å². The summed E-state index contributed by atoms with van der Waals surface area (Å²) in [5.41, 5.74) is 0. The summed E-state index contributed by atoms with van der Waals surface area (Å²) in [6.45, 7) is 7.98. The Bertz CT molecular complexity index is 398. The highest BCUT2D eigenvalue weighted by atomic mass is 28.4. The molecule has 0 aromatic rings. The second-order valence-electron chi connectivity index (χ2n) is 9.67. The Hall–Kier alpha value is 0.0969. The van der Waals surface area contributed by atoms with Gasteiger partial charge >= 0.3 is 8.56 Å². The molecule has 2 aliphatic rings. The van der Waals surface area contributed by atoms with Crippen molar-refractivity contribution >= 4 is 8.56 Å². The van der Waals surface area contributed by atoms with E-state index in [0.29, 0.717) is 12.2 Å². The highest BCUT2D eigenvalue weighted by molar-refractivity contribution is 6.66. The standard InChI is InChI=1S/C25H50O3Si/c1-4-26-29(3,27-5-2)21-17-15-13-11-9-7-6-8-10-12-14-16-18-23-19-20-24-25(22-23)28-24/h23-25H,4-22H2,1-3H3. The van der Waals surface area contributed by atoms with E-state index in [0.717, 1.165) is 25.2 Å². The first kappa shape index (κ1) is 25.4. The molecule has 1 aliphatic heterocycles. The zero-order chi connectivity index (χ0) is 20.8. The zero-order valence-corrected chi connectivity index (χ0v) is 20.9. The maximum Gasteiger partial charge on any atom is 0.334 e. The molecule has 3 nitrogen and oxygen atoms in total. The monoisotopic (exact) mass is 426 g/mol. The van der Waals surface area contributed by atoms with Crippen LogP contribution in [0.1, 0.15) is 117 Å². The van der Waals surface area contributed by atoms with E-state index in [4.69, 9.17) is 13.6 Å². The third kappa shape index (κ3) is 11.3. The second kappa shape index (κ2) is 15.0. The van der Waals surface area contributed by atoms with Gasteiger partial charge in [-0.1, -0.05) is 83.5 Å². The highest BCUT2D eigenvalue weighted by Gasteiger charge is 2.43. The smallest absolute Gasteiger partial charge is 0.334 e. The number of unbranched alkanes of at least 4 members (excludes halogenated alkanes) is 11. The third-order valence-electron chi connectivity index (χ3n) is 7.01. The molecule has 1 saturated carbocycles. The lowest BCUT2D eigenvalue weighted by Gasteiger charge is -2.25. The van der Waals surface area contributed by atoms with Crippen LogP contribution in [0.5, 0.6) is 0 Å². The Morgan fingerprint density at radius 2 is 1.21 bits per heavy atom. The lowest BCUT2D eigenvalue weighted by atomic mass is 9.85. The largest absolute Gasteiger partial charge is 0.395 e. The fourth-order valence-electron chi connectivity index (χ4n) is 5.19. The molecule has 0 spiro atoms. The molecule has 3 atom stereocenters. The molecule has 172 valence electrons. The van der Waals surface area contributed by atoms with Crippen LogP contribution in [0.15, 0.2) is 0 Å². The summed E-state index contributed by atoms with van der Waals surface area (Å²) in [5, 5.41) is 0. The van der Waals surface area contributed by atoms with Gasteiger partial charge in [0.2, 0.25) is 0 Å². The van der Waals surface area contributed by atoms with Gasteiger partial charge in [0.05, 0.1) is 12.2 Å². The summed E-state index contributed by atoms with van der Waals surface area (Å²) < 4.78 is 17.5. The van der Waals surface area contributed by atoms with Crippen LogP contribution in [0, 0.1) is 5.92 Å². The molecule has 0 aromatic heterocycles. The van der Waals surface area contributed by atoms with Crippen molar-refractivity contribution in [1.29, 1.82) is 0 Å². The number of rotatable bonds is 19. The molecule has 1 aliphatic carbocycles. The van der Waals surface area contributed by atoms with Crippen LogP contribution in [0.3, 0.4) is 0 Å². The summed E-state index contributed by atoms with van der Waals surface area (Å²) >= 11 is 0.